The molecule has 0 aliphatic carbocycles. The number of amides is 1. The zero-order valence-electron chi connectivity index (χ0n) is 9.95. The van der Waals surface area contributed by atoms with Crippen LogP contribution in [0, 0.1) is 5.92 Å². The average molecular weight is 227 g/mol. The molecule has 16 heavy (non-hydrogen) atoms. The first-order valence-electron chi connectivity index (χ1n) is 6.13. The van der Waals surface area contributed by atoms with Crippen molar-refractivity contribution in [2.24, 2.45) is 5.92 Å². The Kier molecular flexibility index (Phi) is 5.29. The van der Waals surface area contributed by atoms with E-state index in [0.29, 0.717) is 13.0 Å². The Morgan fingerprint density at radius 3 is 2.75 bits per heavy atom. The molecule has 1 aliphatic heterocycles. The van der Waals surface area contributed by atoms with Gasteiger partial charge in [-0.3, -0.25) is 9.59 Å². The molecule has 1 rings (SSSR count). The second kappa shape index (κ2) is 6.51. The van der Waals surface area contributed by atoms with Crippen molar-refractivity contribution in [2.45, 2.75) is 45.4 Å². The van der Waals surface area contributed by atoms with E-state index in [-0.39, 0.29) is 18.2 Å². The molecule has 0 aromatic carbocycles. The molecule has 0 aromatic rings. The number of nitrogens with zero attached hydrogens (tertiary/aromatic N) is 1. The average Bonchev–Trinajstić information content (AvgIpc) is 2.65. The van der Waals surface area contributed by atoms with Crippen molar-refractivity contribution in [3.63, 3.8) is 0 Å². The number of carbonyl (C=O) groups is 2. The maximum atomic E-state index is 11.7. The van der Waals surface area contributed by atoms with E-state index in [1.165, 1.54) is 0 Å². The van der Waals surface area contributed by atoms with Crippen molar-refractivity contribution >= 4 is 11.9 Å². The molecule has 92 valence electrons. The van der Waals surface area contributed by atoms with Crippen molar-refractivity contribution in [3.05, 3.63) is 0 Å². The van der Waals surface area contributed by atoms with Crippen LogP contribution in [0.2, 0.25) is 0 Å². The number of aliphatic carboxylic acids is 1. The van der Waals surface area contributed by atoms with Gasteiger partial charge in [-0.05, 0) is 18.8 Å². The van der Waals surface area contributed by atoms with Gasteiger partial charge >= 0.3 is 5.97 Å². The van der Waals surface area contributed by atoms with Crippen molar-refractivity contribution < 1.29 is 14.7 Å². The molecule has 1 heterocycles. The first-order valence-corrected chi connectivity index (χ1v) is 6.13. The van der Waals surface area contributed by atoms with Gasteiger partial charge in [0.1, 0.15) is 0 Å². The molecule has 1 aliphatic rings. The molecule has 0 bridgehead atoms. The molecule has 0 radical (unpaired) electrons. The van der Waals surface area contributed by atoms with Crippen molar-refractivity contribution in [1.29, 1.82) is 0 Å². The maximum absolute atomic E-state index is 11.7. The molecule has 4 nitrogen and oxygen atoms in total. The number of hydrogen-bond donors (Lipinski definition) is 1. The van der Waals surface area contributed by atoms with E-state index in [2.05, 4.69) is 6.92 Å². The number of likely N-dealkylation sites (tertiary alicyclic amines) is 1. The lowest BCUT2D eigenvalue weighted by atomic mass is 10.1. The van der Waals surface area contributed by atoms with Crippen molar-refractivity contribution in [3.8, 4) is 0 Å². The molecule has 1 fully saturated rings. The van der Waals surface area contributed by atoms with Gasteiger partial charge in [0.05, 0.1) is 0 Å². The minimum Gasteiger partial charge on any atom is -0.481 e. The van der Waals surface area contributed by atoms with Crippen LogP contribution in [0.15, 0.2) is 0 Å². The van der Waals surface area contributed by atoms with Gasteiger partial charge in [-0.1, -0.05) is 19.8 Å². The summed E-state index contributed by atoms with van der Waals surface area (Å²) in [6.45, 7) is 3.49. The molecule has 1 atom stereocenters. The van der Waals surface area contributed by atoms with Gasteiger partial charge < -0.3 is 10.0 Å². The molecule has 1 saturated heterocycles. The molecule has 4 heteroatoms. The Hall–Kier alpha value is -1.06. The van der Waals surface area contributed by atoms with E-state index in [0.717, 1.165) is 32.2 Å². The van der Waals surface area contributed by atoms with Gasteiger partial charge in [-0.15, -0.1) is 0 Å². The fourth-order valence-corrected chi connectivity index (χ4v) is 2.16. The van der Waals surface area contributed by atoms with Crippen LogP contribution < -0.4 is 0 Å². The van der Waals surface area contributed by atoms with Crippen LogP contribution in [-0.2, 0) is 9.59 Å². The highest BCUT2D eigenvalue weighted by molar-refractivity contribution is 5.76. The fourth-order valence-electron chi connectivity index (χ4n) is 2.16. The summed E-state index contributed by atoms with van der Waals surface area (Å²) in [5, 5.41) is 8.67. The second-order valence-corrected chi connectivity index (χ2v) is 4.55. The van der Waals surface area contributed by atoms with Crippen molar-refractivity contribution in [1.82, 2.24) is 4.90 Å². The lowest BCUT2D eigenvalue weighted by Gasteiger charge is -2.15. The topological polar surface area (TPSA) is 57.6 Å². The summed E-state index contributed by atoms with van der Waals surface area (Å²) in [6.07, 6.45) is 4.82. The molecule has 1 unspecified atom stereocenters. The van der Waals surface area contributed by atoms with E-state index in [1.807, 2.05) is 4.90 Å². The Morgan fingerprint density at radius 2 is 2.12 bits per heavy atom. The summed E-state index contributed by atoms with van der Waals surface area (Å²) < 4.78 is 0. The summed E-state index contributed by atoms with van der Waals surface area (Å²) in [7, 11) is 0. The number of unbranched alkanes of at least 4 members (excludes halogenated alkanes) is 2. The zero-order chi connectivity index (χ0) is 12.0. The summed E-state index contributed by atoms with van der Waals surface area (Å²) in [6, 6.07) is 0. The molecular formula is C12H21NO3. The zero-order valence-corrected chi connectivity index (χ0v) is 9.95. The largest absolute Gasteiger partial charge is 0.481 e. The van der Waals surface area contributed by atoms with Gasteiger partial charge in [0.2, 0.25) is 5.91 Å². The van der Waals surface area contributed by atoms with Crippen LogP contribution in [-0.4, -0.2) is 35.0 Å². The monoisotopic (exact) mass is 227 g/mol. The Labute approximate surface area is 96.6 Å². The van der Waals surface area contributed by atoms with Crippen LogP contribution in [0.25, 0.3) is 0 Å². The third-order valence-corrected chi connectivity index (χ3v) is 3.10. The van der Waals surface area contributed by atoms with E-state index in [4.69, 9.17) is 5.11 Å². The highest BCUT2D eigenvalue weighted by atomic mass is 16.4. The van der Waals surface area contributed by atoms with Crippen LogP contribution in [0.4, 0.5) is 0 Å². The highest BCUT2D eigenvalue weighted by Crippen LogP contribution is 2.20. The Balaban J connectivity index is 2.24. The van der Waals surface area contributed by atoms with Crippen molar-refractivity contribution in [2.75, 3.05) is 13.1 Å². The summed E-state index contributed by atoms with van der Waals surface area (Å²) in [5.41, 5.74) is 0. The minimum atomic E-state index is -0.759. The van der Waals surface area contributed by atoms with Gasteiger partial charge in [0.15, 0.2) is 0 Å². The normalized spacial score (nSPS) is 20.1. The molecule has 1 amide bonds. The standard InChI is InChI=1S/C12H21NO3/c1-2-3-4-5-11(14)13-7-6-10(9-13)8-12(15)16/h10H,2-9H2,1H3,(H,15,16). The SMILES string of the molecule is CCCCCC(=O)N1CCC(CC(=O)O)C1. The maximum Gasteiger partial charge on any atom is 0.303 e. The van der Waals surface area contributed by atoms with Gasteiger partial charge in [-0.2, -0.15) is 0 Å². The molecule has 0 saturated carbocycles. The van der Waals surface area contributed by atoms with Crippen LogP contribution in [0.1, 0.15) is 45.4 Å². The highest BCUT2D eigenvalue weighted by Gasteiger charge is 2.27. The molecule has 1 N–H and O–H groups in total. The molecule has 0 spiro atoms. The number of carboxylic acid groups (broad SMARTS) is 1. The summed E-state index contributed by atoms with van der Waals surface area (Å²) in [5.74, 6) is -0.403. The predicted molar refractivity (Wildman–Crippen MR) is 61.1 cm³/mol. The smallest absolute Gasteiger partial charge is 0.303 e. The first kappa shape index (κ1) is 13.0. The van der Waals surface area contributed by atoms with Gasteiger partial charge in [-0.25, -0.2) is 0 Å². The number of carboxylic acids is 1. The third-order valence-electron chi connectivity index (χ3n) is 3.10. The van der Waals surface area contributed by atoms with Gasteiger partial charge in [0, 0.05) is 25.9 Å². The van der Waals surface area contributed by atoms with E-state index < -0.39 is 5.97 Å². The fraction of sp³-hybridized carbons (Fsp3) is 0.833. The number of hydrogen-bond acceptors (Lipinski definition) is 2. The van der Waals surface area contributed by atoms with Crippen LogP contribution in [0.3, 0.4) is 0 Å². The lowest BCUT2D eigenvalue weighted by Crippen LogP contribution is -2.28. The third kappa shape index (κ3) is 4.21. The number of carbonyl (C=O) groups excluding carboxylic acids is 1. The van der Waals surface area contributed by atoms with E-state index in [9.17, 15) is 9.59 Å². The Morgan fingerprint density at radius 1 is 1.38 bits per heavy atom. The lowest BCUT2D eigenvalue weighted by molar-refractivity contribution is -0.138. The quantitative estimate of drug-likeness (QED) is 0.705. The first-order chi connectivity index (χ1) is 7.63. The summed E-state index contributed by atoms with van der Waals surface area (Å²) >= 11 is 0. The molecule has 0 aromatic heterocycles. The number of rotatable bonds is 6. The minimum absolute atomic E-state index is 0.160. The molecular weight excluding hydrogens is 206 g/mol. The van der Waals surface area contributed by atoms with E-state index >= 15 is 0 Å². The van der Waals surface area contributed by atoms with Gasteiger partial charge in [0.25, 0.3) is 0 Å². The van der Waals surface area contributed by atoms with Crippen LogP contribution in [0.5, 0.6) is 0 Å². The predicted octanol–water partition coefficient (Wildman–Crippen LogP) is 1.89. The van der Waals surface area contributed by atoms with E-state index in [1.54, 1.807) is 0 Å². The second-order valence-electron chi connectivity index (χ2n) is 4.55. The van der Waals surface area contributed by atoms with Crippen LogP contribution >= 0.6 is 0 Å². The summed E-state index contributed by atoms with van der Waals surface area (Å²) in [4.78, 5) is 24.1. The Bertz CT molecular complexity index is 253.